The van der Waals surface area contributed by atoms with Gasteiger partial charge in [-0.1, -0.05) is 66.7 Å². The molecule has 160 valence electrons. The van der Waals surface area contributed by atoms with Crippen LogP contribution in [0.15, 0.2) is 85.7 Å². The second kappa shape index (κ2) is 8.46. The molecule has 0 amide bonds. The predicted molar refractivity (Wildman–Crippen MR) is 131 cm³/mol. The van der Waals surface area contributed by atoms with Crippen molar-refractivity contribution in [2.45, 2.75) is 19.9 Å². The van der Waals surface area contributed by atoms with E-state index in [0.717, 1.165) is 36.4 Å². The lowest BCUT2D eigenvalue weighted by atomic mass is 9.93. The molecule has 5 rings (SSSR count). The summed E-state index contributed by atoms with van der Waals surface area (Å²) in [6, 6.07) is 21.4. The number of carbonyl (C=O) groups is 1. The number of carbonyl (C=O) groups excluding carboxylic acids is 1. The molecule has 0 unspecified atom stereocenters. The Bertz CT molecular complexity index is 1270. The normalized spacial score (nSPS) is 13.8. The third kappa shape index (κ3) is 3.96. The van der Waals surface area contributed by atoms with E-state index >= 15 is 0 Å². The van der Waals surface area contributed by atoms with Gasteiger partial charge in [-0.3, -0.25) is 4.79 Å². The fourth-order valence-electron chi connectivity index (χ4n) is 4.47. The zero-order chi connectivity index (χ0) is 22.1. The molecule has 0 saturated carbocycles. The zero-order valence-electron chi connectivity index (χ0n) is 18.4. The summed E-state index contributed by atoms with van der Waals surface area (Å²) in [5.41, 5.74) is 7.02. The topological polar surface area (TPSA) is 38.1 Å². The minimum absolute atomic E-state index is 0.128. The number of pyridine rings is 1. The smallest absolute Gasteiger partial charge is 0.155 e. The molecule has 32 heavy (non-hydrogen) atoms. The Morgan fingerprint density at radius 2 is 1.88 bits per heavy atom. The molecule has 0 N–H and O–H groups in total. The van der Waals surface area contributed by atoms with Gasteiger partial charge in [0.1, 0.15) is 5.65 Å². The van der Waals surface area contributed by atoms with Crippen LogP contribution in [-0.2, 0) is 11.3 Å². The van der Waals surface area contributed by atoms with Crippen molar-refractivity contribution in [3.8, 4) is 11.1 Å². The zero-order valence-corrected chi connectivity index (χ0v) is 18.4. The highest BCUT2D eigenvalue weighted by molar-refractivity contribution is 5.96. The molecule has 0 spiro atoms. The molecule has 0 radical (unpaired) electrons. The maximum atomic E-state index is 11.7. The number of ketones is 1. The van der Waals surface area contributed by atoms with Crippen molar-refractivity contribution in [2.24, 2.45) is 5.92 Å². The van der Waals surface area contributed by atoms with Crippen LogP contribution in [0.1, 0.15) is 17.5 Å². The Kier molecular flexibility index (Phi) is 5.36. The second-order valence-corrected chi connectivity index (χ2v) is 8.73. The largest absolute Gasteiger partial charge is 0.370 e. The molecule has 4 heteroatoms. The number of hydrogen-bond donors (Lipinski definition) is 0. The molecule has 0 atom stereocenters. The summed E-state index contributed by atoms with van der Waals surface area (Å²) >= 11 is 0. The number of rotatable bonds is 7. The van der Waals surface area contributed by atoms with E-state index in [1.807, 2.05) is 12.3 Å². The Hall–Kier alpha value is -3.66. The summed E-state index contributed by atoms with van der Waals surface area (Å²) in [6.07, 6.45) is 6.20. The number of aromatic nitrogens is 2. The molecule has 1 fully saturated rings. The molecule has 4 aromatic rings. The summed E-state index contributed by atoms with van der Waals surface area (Å²) in [7, 11) is 0. The van der Waals surface area contributed by atoms with Crippen LogP contribution in [-0.4, -0.2) is 28.4 Å². The van der Waals surface area contributed by atoms with E-state index in [-0.39, 0.29) is 5.78 Å². The molecule has 2 aromatic carbocycles. The molecule has 3 heterocycles. The van der Waals surface area contributed by atoms with E-state index in [9.17, 15) is 4.79 Å². The minimum atomic E-state index is 0.128. The van der Waals surface area contributed by atoms with Crippen molar-refractivity contribution in [1.82, 2.24) is 9.55 Å². The van der Waals surface area contributed by atoms with Gasteiger partial charge in [0.25, 0.3) is 0 Å². The van der Waals surface area contributed by atoms with Gasteiger partial charge in [-0.25, -0.2) is 4.98 Å². The summed E-state index contributed by atoms with van der Waals surface area (Å²) in [5.74, 6) is 0.527. The van der Waals surface area contributed by atoms with Crippen molar-refractivity contribution in [1.29, 1.82) is 0 Å². The van der Waals surface area contributed by atoms with Gasteiger partial charge in [-0.2, -0.15) is 0 Å². The van der Waals surface area contributed by atoms with E-state index < -0.39 is 0 Å². The van der Waals surface area contributed by atoms with Gasteiger partial charge < -0.3 is 9.47 Å². The van der Waals surface area contributed by atoms with Gasteiger partial charge in [-0.05, 0) is 30.2 Å². The highest BCUT2D eigenvalue weighted by atomic mass is 16.1. The number of hydrogen-bond acceptors (Lipinski definition) is 3. The quantitative estimate of drug-likeness (QED) is 0.362. The van der Waals surface area contributed by atoms with Crippen molar-refractivity contribution >= 4 is 22.5 Å². The van der Waals surface area contributed by atoms with Crippen LogP contribution in [0.2, 0.25) is 0 Å². The Morgan fingerprint density at radius 1 is 1.12 bits per heavy atom. The third-order valence-corrected chi connectivity index (χ3v) is 6.30. The lowest BCUT2D eigenvalue weighted by Gasteiger charge is -2.40. The summed E-state index contributed by atoms with van der Waals surface area (Å²) < 4.78 is 2.24. The Labute approximate surface area is 188 Å². The number of anilines is 1. The van der Waals surface area contributed by atoms with Crippen molar-refractivity contribution in [3.63, 3.8) is 0 Å². The molecule has 1 saturated heterocycles. The number of benzene rings is 2. The lowest BCUT2D eigenvalue weighted by Crippen LogP contribution is -2.47. The first-order valence-corrected chi connectivity index (χ1v) is 11.1. The van der Waals surface area contributed by atoms with Gasteiger partial charge in [-0.15, -0.1) is 0 Å². The minimum Gasteiger partial charge on any atom is -0.370 e. The molecular weight excluding hydrogens is 394 g/mol. The summed E-state index contributed by atoms with van der Waals surface area (Å²) in [6.45, 7) is 8.25. The highest BCUT2D eigenvalue weighted by Gasteiger charge is 2.29. The first kappa shape index (κ1) is 20.3. The lowest BCUT2D eigenvalue weighted by molar-refractivity contribution is -0.115. The van der Waals surface area contributed by atoms with E-state index in [2.05, 4.69) is 83.8 Å². The average Bonchev–Trinajstić information content (AvgIpc) is 3.15. The molecule has 0 aliphatic carbocycles. The van der Waals surface area contributed by atoms with Crippen LogP contribution < -0.4 is 4.90 Å². The Balaban J connectivity index is 1.49. The van der Waals surface area contributed by atoms with E-state index in [1.54, 1.807) is 0 Å². The fraction of sp³-hybridized carbons (Fsp3) is 0.214. The van der Waals surface area contributed by atoms with Gasteiger partial charge in [0.2, 0.25) is 0 Å². The molecule has 1 aliphatic rings. The van der Waals surface area contributed by atoms with Crippen LogP contribution >= 0.6 is 0 Å². The van der Waals surface area contributed by atoms with E-state index in [4.69, 9.17) is 4.98 Å². The molecule has 2 aromatic heterocycles. The highest BCUT2D eigenvalue weighted by Crippen LogP contribution is 2.34. The number of nitrogens with zero attached hydrogens (tertiary/aromatic N) is 3. The summed E-state index contributed by atoms with van der Waals surface area (Å²) in [5, 5.41) is 1.16. The standard InChI is InChI=1S/C28H27N3O/c1-3-25(32)13-22-17-30(18-22)24-14-26-27(23-7-5-4-6-8-23)19-31(28(26)29-15-24)16-21-11-9-20(2)10-12-21/h3-12,14-15,19,22H,1,13,16-18H2,2H3. The third-order valence-electron chi connectivity index (χ3n) is 6.30. The van der Waals surface area contributed by atoms with Gasteiger partial charge in [0, 0.05) is 49.1 Å². The first-order valence-electron chi connectivity index (χ1n) is 11.1. The molecule has 4 nitrogen and oxygen atoms in total. The van der Waals surface area contributed by atoms with Crippen molar-refractivity contribution in [3.05, 3.63) is 96.8 Å². The number of aryl methyl sites for hydroxylation is 1. The fourth-order valence-corrected chi connectivity index (χ4v) is 4.47. The van der Waals surface area contributed by atoms with Crippen LogP contribution in [0.5, 0.6) is 0 Å². The van der Waals surface area contributed by atoms with Crippen molar-refractivity contribution < 1.29 is 4.79 Å². The maximum Gasteiger partial charge on any atom is 0.155 e. The van der Waals surface area contributed by atoms with Gasteiger partial charge >= 0.3 is 0 Å². The summed E-state index contributed by atoms with van der Waals surface area (Å²) in [4.78, 5) is 18.8. The SMILES string of the molecule is C=CC(=O)CC1CN(c2cnc3c(c2)c(-c2ccccc2)cn3Cc2ccc(C)cc2)C1. The van der Waals surface area contributed by atoms with Gasteiger partial charge in [0.15, 0.2) is 5.78 Å². The monoisotopic (exact) mass is 421 g/mol. The average molecular weight is 422 g/mol. The number of fused-ring (bicyclic) bond motifs is 1. The molecule has 0 bridgehead atoms. The second-order valence-electron chi connectivity index (χ2n) is 8.73. The molecule has 1 aliphatic heterocycles. The van der Waals surface area contributed by atoms with Crippen molar-refractivity contribution in [2.75, 3.05) is 18.0 Å². The van der Waals surface area contributed by atoms with Gasteiger partial charge in [0.05, 0.1) is 11.9 Å². The van der Waals surface area contributed by atoms with E-state index in [1.165, 1.54) is 28.3 Å². The molecular formula is C28H27N3O. The van der Waals surface area contributed by atoms with Crippen LogP contribution in [0.25, 0.3) is 22.2 Å². The van der Waals surface area contributed by atoms with Crippen LogP contribution in [0.4, 0.5) is 5.69 Å². The van der Waals surface area contributed by atoms with E-state index in [0.29, 0.717) is 12.3 Å². The first-order chi connectivity index (χ1) is 15.6. The maximum absolute atomic E-state index is 11.7. The predicted octanol–water partition coefficient (Wildman–Crippen LogP) is 5.64. The number of allylic oxidation sites excluding steroid dienone is 1. The van der Waals surface area contributed by atoms with Crippen LogP contribution in [0, 0.1) is 12.8 Å². The Morgan fingerprint density at radius 3 is 2.59 bits per heavy atom. The van der Waals surface area contributed by atoms with Crippen LogP contribution in [0.3, 0.4) is 0 Å².